The van der Waals surface area contributed by atoms with E-state index in [1.54, 1.807) is 0 Å². The molecular formula is C10H20BrNO. The number of carbonyl (C=O) groups excluding carboxylic acids is 1. The van der Waals surface area contributed by atoms with Gasteiger partial charge in [0, 0.05) is 11.2 Å². The molecule has 0 spiro atoms. The Hall–Kier alpha value is -0.0500. The predicted molar refractivity (Wildman–Crippen MR) is 59.9 cm³/mol. The SMILES string of the molecule is CCCCCC[C@H](Br)CCC(N)=O. The molecule has 1 atom stereocenters. The Bertz CT molecular complexity index is 139. The van der Waals surface area contributed by atoms with Crippen LogP contribution in [0.2, 0.25) is 0 Å². The number of unbranched alkanes of at least 4 members (excludes halogenated alkanes) is 3. The lowest BCUT2D eigenvalue weighted by Gasteiger charge is -2.07. The smallest absolute Gasteiger partial charge is 0.217 e. The van der Waals surface area contributed by atoms with Crippen molar-refractivity contribution in [1.29, 1.82) is 0 Å². The third kappa shape index (κ3) is 9.87. The third-order valence-corrected chi connectivity index (χ3v) is 2.99. The van der Waals surface area contributed by atoms with Gasteiger partial charge in [0.2, 0.25) is 5.91 Å². The average molecular weight is 250 g/mol. The Morgan fingerprint density at radius 2 is 2.00 bits per heavy atom. The number of hydrogen-bond acceptors (Lipinski definition) is 1. The van der Waals surface area contributed by atoms with Gasteiger partial charge in [0.25, 0.3) is 0 Å². The van der Waals surface area contributed by atoms with Gasteiger partial charge in [-0.25, -0.2) is 0 Å². The van der Waals surface area contributed by atoms with Crippen LogP contribution in [0.3, 0.4) is 0 Å². The van der Waals surface area contributed by atoms with Crippen LogP contribution in [0.4, 0.5) is 0 Å². The van der Waals surface area contributed by atoms with Crippen molar-refractivity contribution < 1.29 is 4.79 Å². The number of alkyl halides is 1. The molecule has 0 rings (SSSR count). The van der Waals surface area contributed by atoms with E-state index in [-0.39, 0.29) is 5.91 Å². The summed E-state index contributed by atoms with van der Waals surface area (Å²) in [6, 6.07) is 0. The minimum absolute atomic E-state index is 0.196. The van der Waals surface area contributed by atoms with Crippen molar-refractivity contribution in [2.75, 3.05) is 0 Å². The van der Waals surface area contributed by atoms with Crippen molar-refractivity contribution in [2.45, 2.75) is 56.7 Å². The van der Waals surface area contributed by atoms with Gasteiger partial charge in [0.05, 0.1) is 0 Å². The highest BCUT2D eigenvalue weighted by molar-refractivity contribution is 9.09. The molecule has 1 amide bonds. The zero-order chi connectivity index (χ0) is 10.1. The summed E-state index contributed by atoms with van der Waals surface area (Å²) in [6.07, 6.45) is 7.68. The van der Waals surface area contributed by atoms with E-state index in [9.17, 15) is 4.79 Å². The molecule has 0 heterocycles. The van der Waals surface area contributed by atoms with Crippen LogP contribution in [0, 0.1) is 0 Å². The van der Waals surface area contributed by atoms with E-state index in [0.29, 0.717) is 11.2 Å². The van der Waals surface area contributed by atoms with E-state index in [0.717, 1.165) is 12.8 Å². The molecule has 0 radical (unpaired) electrons. The minimum atomic E-state index is -0.196. The average Bonchev–Trinajstić information content (AvgIpc) is 2.09. The highest BCUT2D eigenvalue weighted by Gasteiger charge is 2.05. The maximum Gasteiger partial charge on any atom is 0.217 e. The molecule has 3 heteroatoms. The molecule has 0 unspecified atom stereocenters. The van der Waals surface area contributed by atoms with E-state index >= 15 is 0 Å². The second-order valence-corrected chi connectivity index (χ2v) is 4.75. The standard InChI is InChI=1S/C10H20BrNO/c1-2-3-4-5-6-9(11)7-8-10(12)13/h9H,2-8H2,1H3,(H2,12,13)/t9-/m0/s1. The Labute approximate surface area is 89.4 Å². The van der Waals surface area contributed by atoms with Crippen LogP contribution >= 0.6 is 15.9 Å². The van der Waals surface area contributed by atoms with Gasteiger partial charge in [-0.15, -0.1) is 0 Å². The topological polar surface area (TPSA) is 43.1 Å². The Morgan fingerprint density at radius 3 is 2.54 bits per heavy atom. The molecule has 13 heavy (non-hydrogen) atoms. The number of halogens is 1. The van der Waals surface area contributed by atoms with E-state index in [2.05, 4.69) is 22.9 Å². The van der Waals surface area contributed by atoms with Crippen molar-refractivity contribution >= 4 is 21.8 Å². The van der Waals surface area contributed by atoms with Crippen molar-refractivity contribution in [1.82, 2.24) is 0 Å². The number of amides is 1. The van der Waals surface area contributed by atoms with Crippen LogP contribution in [0.1, 0.15) is 51.9 Å². The van der Waals surface area contributed by atoms with Crippen LogP contribution in [0.5, 0.6) is 0 Å². The molecule has 0 saturated carbocycles. The largest absolute Gasteiger partial charge is 0.370 e. The lowest BCUT2D eigenvalue weighted by Crippen LogP contribution is -2.12. The summed E-state index contributed by atoms with van der Waals surface area (Å²) in [5.41, 5.74) is 5.06. The summed E-state index contributed by atoms with van der Waals surface area (Å²) >= 11 is 3.55. The lowest BCUT2D eigenvalue weighted by atomic mass is 10.1. The normalized spacial score (nSPS) is 12.8. The molecule has 0 aromatic heterocycles. The fourth-order valence-electron chi connectivity index (χ4n) is 1.24. The first-order valence-corrected chi connectivity index (χ1v) is 6.00. The van der Waals surface area contributed by atoms with Gasteiger partial charge in [0.15, 0.2) is 0 Å². The van der Waals surface area contributed by atoms with Crippen molar-refractivity contribution in [3.05, 3.63) is 0 Å². The summed E-state index contributed by atoms with van der Waals surface area (Å²) in [6.45, 7) is 2.21. The molecule has 0 saturated heterocycles. The van der Waals surface area contributed by atoms with Gasteiger partial charge in [-0.05, 0) is 12.8 Å². The summed E-state index contributed by atoms with van der Waals surface area (Å²) in [5, 5.41) is 0. The van der Waals surface area contributed by atoms with Crippen LogP contribution in [-0.2, 0) is 4.79 Å². The first kappa shape index (κ1) is 12.9. The van der Waals surface area contributed by atoms with Crippen LogP contribution in [0.15, 0.2) is 0 Å². The maximum atomic E-state index is 10.5. The van der Waals surface area contributed by atoms with Crippen molar-refractivity contribution in [2.24, 2.45) is 5.73 Å². The molecule has 78 valence electrons. The number of rotatable bonds is 8. The molecule has 0 aromatic carbocycles. The minimum Gasteiger partial charge on any atom is -0.370 e. The summed E-state index contributed by atoms with van der Waals surface area (Å²) in [4.78, 5) is 11.0. The quantitative estimate of drug-likeness (QED) is 0.522. The molecule has 0 fully saturated rings. The van der Waals surface area contributed by atoms with E-state index < -0.39 is 0 Å². The summed E-state index contributed by atoms with van der Waals surface area (Å²) < 4.78 is 0. The van der Waals surface area contributed by atoms with E-state index in [4.69, 9.17) is 5.73 Å². The lowest BCUT2D eigenvalue weighted by molar-refractivity contribution is -0.118. The van der Waals surface area contributed by atoms with Gasteiger partial charge in [-0.3, -0.25) is 4.79 Å². The molecular weight excluding hydrogens is 230 g/mol. The number of nitrogens with two attached hydrogens (primary N) is 1. The molecule has 0 aromatic rings. The summed E-state index contributed by atoms with van der Waals surface area (Å²) in [5.74, 6) is -0.196. The fourth-order valence-corrected chi connectivity index (χ4v) is 1.79. The number of primary amides is 1. The maximum absolute atomic E-state index is 10.5. The Morgan fingerprint density at radius 1 is 1.31 bits per heavy atom. The highest BCUT2D eigenvalue weighted by atomic mass is 79.9. The first-order chi connectivity index (χ1) is 6.16. The molecule has 0 aliphatic carbocycles. The van der Waals surface area contributed by atoms with Gasteiger partial charge in [-0.2, -0.15) is 0 Å². The van der Waals surface area contributed by atoms with Gasteiger partial charge in [0.1, 0.15) is 0 Å². The zero-order valence-corrected chi connectivity index (χ0v) is 9.98. The van der Waals surface area contributed by atoms with Crippen LogP contribution in [0.25, 0.3) is 0 Å². The summed E-state index contributed by atoms with van der Waals surface area (Å²) in [7, 11) is 0. The van der Waals surface area contributed by atoms with Gasteiger partial charge in [-0.1, -0.05) is 48.5 Å². The van der Waals surface area contributed by atoms with Gasteiger partial charge >= 0.3 is 0 Å². The first-order valence-electron chi connectivity index (χ1n) is 5.09. The van der Waals surface area contributed by atoms with E-state index in [1.807, 2.05) is 0 Å². The molecule has 0 bridgehead atoms. The Kier molecular flexibility index (Phi) is 8.51. The fraction of sp³-hybridized carbons (Fsp3) is 0.900. The third-order valence-electron chi connectivity index (χ3n) is 2.07. The number of hydrogen-bond donors (Lipinski definition) is 1. The second-order valence-electron chi connectivity index (χ2n) is 3.45. The molecule has 2 N–H and O–H groups in total. The molecule has 2 nitrogen and oxygen atoms in total. The molecule has 0 aliphatic rings. The monoisotopic (exact) mass is 249 g/mol. The number of carbonyl (C=O) groups is 1. The predicted octanol–water partition coefficient (Wildman–Crippen LogP) is 2.99. The zero-order valence-electron chi connectivity index (χ0n) is 8.39. The molecule has 0 aliphatic heterocycles. The van der Waals surface area contributed by atoms with E-state index in [1.165, 1.54) is 25.7 Å². The second kappa shape index (κ2) is 8.54. The van der Waals surface area contributed by atoms with Crippen molar-refractivity contribution in [3.63, 3.8) is 0 Å². The van der Waals surface area contributed by atoms with Crippen molar-refractivity contribution in [3.8, 4) is 0 Å². The van der Waals surface area contributed by atoms with Crippen LogP contribution < -0.4 is 5.73 Å². The Balaban J connectivity index is 3.19. The van der Waals surface area contributed by atoms with Crippen LogP contribution in [-0.4, -0.2) is 10.7 Å². The van der Waals surface area contributed by atoms with Gasteiger partial charge < -0.3 is 5.73 Å². The highest BCUT2D eigenvalue weighted by Crippen LogP contribution is 2.16.